The van der Waals surface area contributed by atoms with Crippen molar-refractivity contribution in [2.24, 2.45) is 0 Å². The summed E-state index contributed by atoms with van der Waals surface area (Å²) in [5.74, 6) is 6.66. The Labute approximate surface area is 183 Å². The average molecular weight is 424 g/mol. The first kappa shape index (κ1) is 23.6. The van der Waals surface area contributed by atoms with Crippen LogP contribution in [0.3, 0.4) is 0 Å². The van der Waals surface area contributed by atoms with Crippen LogP contribution < -0.4 is 24.8 Å². The van der Waals surface area contributed by atoms with Crippen LogP contribution in [-0.2, 0) is 0 Å². The van der Waals surface area contributed by atoms with Crippen molar-refractivity contribution in [3.63, 3.8) is 0 Å². The number of carbonyl (C=O) groups excluding carboxylic acids is 2. The first-order chi connectivity index (χ1) is 15.0. The van der Waals surface area contributed by atoms with Crippen molar-refractivity contribution in [1.29, 1.82) is 0 Å². The molecule has 0 atom stereocenters. The minimum absolute atomic E-state index is 0.113. The molecule has 7 heteroatoms. The van der Waals surface area contributed by atoms with E-state index in [1.807, 2.05) is 20.8 Å². The lowest BCUT2D eigenvalue weighted by Gasteiger charge is -2.16. The second kappa shape index (κ2) is 12.1. The maximum Gasteiger partial charge on any atom is 0.252 e. The topological polar surface area (TPSA) is 85.9 Å². The lowest BCUT2D eigenvalue weighted by molar-refractivity contribution is 0.0951. The van der Waals surface area contributed by atoms with E-state index in [1.54, 1.807) is 43.4 Å². The lowest BCUT2D eigenvalue weighted by atomic mass is 10.1. The van der Waals surface area contributed by atoms with Gasteiger partial charge in [-0.15, -0.1) is 0 Å². The molecular weight excluding hydrogens is 396 g/mol. The third kappa shape index (κ3) is 6.41. The van der Waals surface area contributed by atoms with Crippen molar-refractivity contribution >= 4 is 11.8 Å². The minimum Gasteiger partial charge on any atom is -0.490 e. The van der Waals surface area contributed by atoms with Crippen LogP contribution in [0.4, 0.5) is 0 Å². The van der Waals surface area contributed by atoms with Crippen LogP contribution in [0.2, 0.25) is 0 Å². The molecule has 0 aliphatic carbocycles. The Morgan fingerprint density at radius 3 is 2.10 bits per heavy atom. The van der Waals surface area contributed by atoms with Crippen LogP contribution in [0, 0.1) is 11.8 Å². The van der Waals surface area contributed by atoms with Crippen LogP contribution in [0.1, 0.15) is 47.1 Å². The molecule has 0 aromatic heterocycles. The van der Waals surface area contributed by atoms with Gasteiger partial charge >= 0.3 is 0 Å². The zero-order valence-corrected chi connectivity index (χ0v) is 18.3. The van der Waals surface area contributed by atoms with Gasteiger partial charge in [-0.05, 0) is 45.0 Å². The average Bonchev–Trinajstić information content (AvgIpc) is 2.78. The molecule has 0 unspecified atom stereocenters. The maximum absolute atomic E-state index is 12.7. The van der Waals surface area contributed by atoms with Crippen molar-refractivity contribution in [3.05, 3.63) is 53.1 Å². The molecule has 0 spiro atoms. The summed E-state index contributed by atoms with van der Waals surface area (Å²) in [5, 5.41) is 5.34. The van der Waals surface area contributed by atoms with Crippen LogP contribution in [-0.4, -0.2) is 45.2 Å². The molecule has 164 valence electrons. The Hall–Kier alpha value is -3.66. The van der Waals surface area contributed by atoms with E-state index in [2.05, 4.69) is 22.5 Å². The van der Waals surface area contributed by atoms with Crippen LogP contribution >= 0.6 is 0 Å². The minimum atomic E-state index is -0.321. The van der Waals surface area contributed by atoms with E-state index >= 15 is 0 Å². The third-order valence-corrected chi connectivity index (χ3v) is 4.13. The summed E-state index contributed by atoms with van der Waals surface area (Å²) in [6.07, 6.45) is 0. The molecule has 0 heterocycles. The van der Waals surface area contributed by atoms with Gasteiger partial charge in [-0.25, -0.2) is 0 Å². The van der Waals surface area contributed by atoms with E-state index in [9.17, 15) is 9.59 Å². The number of hydrogen-bond donors (Lipinski definition) is 2. The monoisotopic (exact) mass is 424 g/mol. The number of benzene rings is 2. The summed E-state index contributed by atoms with van der Waals surface area (Å²) in [6, 6.07) is 10.3. The summed E-state index contributed by atoms with van der Waals surface area (Å²) in [6.45, 7) is 6.98. The van der Waals surface area contributed by atoms with Gasteiger partial charge in [0.15, 0.2) is 11.5 Å². The second-order valence-corrected chi connectivity index (χ2v) is 6.21. The molecule has 0 aliphatic rings. The quantitative estimate of drug-likeness (QED) is 0.605. The maximum atomic E-state index is 12.7. The highest BCUT2D eigenvalue weighted by atomic mass is 16.5. The predicted octanol–water partition coefficient (Wildman–Crippen LogP) is 3.02. The van der Waals surface area contributed by atoms with Crippen LogP contribution in [0.15, 0.2) is 36.4 Å². The molecule has 0 aliphatic heterocycles. The summed E-state index contributed by atoms with van der Waals surface area (Å²) in [7, 11) is 1.57. The second-order valence-electron chi connectivity index (χ2n) is 6.21. The molecule has 2 rings (SSSR count). The lowest BCUT2D eigenvalue weighted by Crippen LogP contribution is -2.24. The molecule has 2 aromatic rings. The van der Waals surface area contributed by atoms with Crippen molar-refractivity contribution in [2.75, 3.05) is 33.4 Å². The Bertz CT molecular complexity index is 948. The van der Waals surface area contributed by atoms with E-state index in [0.29, 0.717) is 53.8 Å². The van der Waals surface area contributed by atoms with Crippen LogP contribution in [0.25, 0.3) is 0 Å². The number of ether oxygens (including phenoxy) is 3. The van der Waals surface area contributed by atoms with Gasteiger partial charge in [0.25, 0.3) is 11.8 Å². The standard InChI is InChI=1S/C24H28N2O5/c1-5-29-20-15-18(16-21(30-6-2)22(20)31-7-3)23(27)26-14-10-12-17-11-8-9-13-19(17)24(28)25-4/h8-9,11,13,15-16H,5-7,14H2,1-4H3,(H,25,28)(H,26,27). The Balaban J connectivity index is 2.18. The van der Waals surface area contributed by atoms with E-state index in [-0.39, 0.29) is 18.4 Å². The van der Waals surface area contributed by atoms with Crippen molar-refractivity contribution in [1.82, 2.24) is 10.6 Å². The Morgan fingerprint density at radius 2 is 1.52 bits per heavy atom. The molecule has 0 fully saturated rings. The molecule has 0 saturated heterocycles. The SMILES string of the molecule is CCOc1cc(C(=O)NCC#Cc2ccccc2C(=O)NC)cc(OCC)c1OCC. The number of hydrogen-bond acceptors (Lipinski definition) is 5. The largest absolute Gasteiger partial charge is 0.490 e. The van der Waals surface area contributed by atoms with Crippen molar-refractivity contribution < 1.29 is 23.8 Å². The third-order valence-electron chi connectivity index (χ3n) is 4.13. The van der Waals surface area contributed by atoms with Gasteiger partial charge in [-0.1, -0.05) is 24.0 Å². The number of carbonyl (C=O) groups is 2. The van der Waals surface area contributed by atoms with Gasteiger partial charge in [-0.3, -0.25) is 9.59 Å². The molecule has 0 bridgehead atoms. The van der Waals surface area contributed by atoms with Crippen LogP contribution in [0.5, 0.6) is 17.2 Å². The Morgan fingerprint density at radius 1 is 0.903 bits per heavy atom. The fraction of sp³-hybridized carbons (Fsp3) is 0.333. The van der Waals surface area contributed by atoms with E-state index in [1.165, 1.54) is 0 Å². The molecule has 2 amide bonds. The van der Waals surface area contributed by atoms with Gasteiger partial charge in [-0.2, -0.15) is 0 Å². The number of nitrogens with one attached hydrogen (secondary N) is 2. The van der Waals surface area contributed by atoms with Gasteiger partial charge in [0, 0.05) is 18.2 Å². The summed E-state index contributed by atoms with van der Waals surface area (Å²) in [4.78, 5) is 24.6. The highest BCUT2D eigenvalue weighted by molar-refractivity contribution is 5.97. The molecule has 2 N–H and O–H groups in total. The first-order valence-electron chi connectivity index (χ1n) is 10.2. The summed E-state index contributed by atoms with van der Waals surface area (Å²) < 4.78 is 17.0. The predicted molar refractivity (Wildman–Crippen MR) is 119 cm³/mol. The first-order valence-corrected chi connectivity index (χ1v) is 10.2. The molecule has 7 nitrogen and oxygen atoms in total. The zero-order chi connectivity index (χ0) is 22.6. The van der Waals surface area contributed by atoms with Gasteiger partial charge in [0.2, 0.25) is 5.75 Å². The summed E-state index contributed by atoms with van der Waals surface area (Å²) in [5.41, 5.74) is 1.45. The van der Waals surface area contributed by atoms with Gasteiger partial charge in [0.1, 0.15) is 0 Å². The summed E-state index contributed by atoms with van der Waals surface area (Å²) >= 11 is 0. The molecule has 2 aromatic carbocycles. The molecule has 31 heavy (non-hydrogen) atoms. The van der Waals surface area contributed by atoms with E-state index < -0.39 is 0 Å². The smallest absolute Gasteiger partial charge is 0.252 e. The van der Waals surface area contributed by atoms with Crippen molar-refractivity contribution in [3.8, 4) is 29.1 Å². The fourth-order valence-corrected chi connectivity index (χ4v) is 2.81. The molecule has 0 radical (unpaired) electrons. The Kier molecular flexibility index (Phi) is 9.24. The highest BCUT2D eigenvalue weighted by Gasteiger charge is 2.18. The molecular formula is C24H28N2O5. The van der Waals surface area contributed by atoms with E-state index in [4.69, 9.17) is 14.2 Å². The number of rotatable bonds is 9. The van der Waals surface area contributed by atoms with E-state index in [0.717, 1.165) is 0 Å². The molecule has 0 saturated carbocycles. The van der Waals surface area contributed by atoms with Gasteiger partial charge in [0.05, 0.1) is 31.9 Å². The van der Waals surface area contributed by atoms with Gasteiger partial charge < -0.3 is 24.8 Å². The fourth-order valence-electron chi connectivity index (χ4n) is 2.81. The highest BCUT2D eigenvalue weighted by Crippen LogP contribution is 2.39. The zero-order valence-electron chi connectivity index (χ0n) is 18.3. The normalized spacial score (nSPS) is 9.81. The number of amides is 2. The van der Waals surface area contributed by atoms with Crippen molar-refractivity contribution in [2.45, 2.75) is 20.8 Å².